The van der Waals surface area contributed by atoms with Gasteiger partial charge in [0, 0.05) is 214 Å². The van der Waals surface area contributed by atoms with Crippen LogP contribution in [0.1, 0.15) is 124 Å². The van der Waals surface area contributed by atoms with Crippen LogP contribution in [0.5, 0.6) is 11.5 Å². The fourth-order valence-electron chi connectivity index (χ4n) is 14.4. The maximum absolute atomic E-state index is 13.1. The SMILES string of the molecule is COc1cccc(Cc2nsc(N3CCN(C(=O)c4ccc(Cl)cc4)C(C)C3)n2)c1.COc1cccc(Cc2nsc(N3CCN(C(=O)c4ccccc4)C(C)C3)n2)c1.Cc1ccc(C(=O)N2CCN(c3nc(Cc4ccc(F)cc4)ns3)CC2C)cc1[N+](=O)[O-].Cc1ccc(Cc2nsc(N3CCN(C(=O)c4ccc(C(F)(F)F)cc4)CC3)n2)cc1. The molecule has 0 radical (unpaired) electrons. The number of carbonyl (C=O) groups excluding carboxylic acids is 4. The summed E-state index contributed by atoms with van der Waals surface area (Å²) in [5, 5.41) is 15.3. The molecule has 0 N–H and O–H groups in total. The van der Waals surface area contributed by atoms with Crippen LogP contribution in [0.25, 0.3) is 0 Å². The number of anilines is 4. The van der Waals surface area contributed by atoms with E-state index in [0.717, 1.165) is 116 Å². The number of halogens is 5. The van der Waals surface area contributed by atoms with Gasteiger partial charge in [-0.3, -0.25) is 29.3 Å². The Bertz CT molecular complexity index is 5550. The topological polar surface area (TPSA) is 259 Å². The van der Waals surface area contributed by atoms with Crippen molar-refractivity contribution >= 4 is 108 Å². The molecule has 4 fully saturated rings. The Morgan fingerprint density at radius 3 is 1.24 bits per heavy atom. The molecule has 16 rings (SSSR count). The number of nitro groups is 1. The van der Waals surface area contributed by atoms with E-state index >= 15 is 0 Å². The molecule has 0 bridgehead atoms. The van der Waals surface area contributed by atoms with E-state index in [1.807, 2.05) is 96.4 Å². The average Bonchev–Trinajstić information content (AvgIpc) is 0.971. The summed E-state index contributed by atoms with van der Waals surface area (Å²) in [4.78, 5) is 96.6. The molecule has 4 aliphatic rings. The van der Waals surface area contributed by atoms with Gasteiger partial charge in [-0.25, -0.2) is 24.3 Å². The number of nitro benzene ring substituents is 1. The van der Waals surface area contributed by atoms with Crippen molar-refractivity contribution in [2.45, 2.75) is 84.6 Å². The van der Waals surface area contributed by atoms with E-state index < -0.39 is 16.7 Å². The van der Waals surface area contributed by atoms with Gasteiger partial charge in [0.2, 0.25) is 20.5 Å². The van der Waals surface area contributed by atoms with Crippen LogP contribution < -0.4 is 29.1 Å². The highest BCUT2D eigenvalue weighted by molar-refractivity contribution is 7.10. The number of amides is 4. The number of ether oxygens (including phenoxy) is 2. The van der Waals surface area contributed by atoms with Crippen molar-refractivity contribution in [3.63, 3.8) is 0 Å². The van der Waals surface area contributed by atoms with Crippen LogP contribution in [0, 0.1) is 29.8 Å². The highest BCUT2D eigenvalue weighted by Crippen LogP contribution is 2.33. The molecule has 4 amide bonds. The summed E-state index contributed by atoms with van der Waals surface area (Å²) in [5.74, 6) is 4.11. The van der Waals surface area contributed by atoms with Gasteiger partial charge in [0.15, 0.2) is 0 Å². The molecule has 0 aliphatic carbocycles. The summed E-state index contributed by atoms with van der Waals surface area (Å²) in [5.41, 5.74) is 7.24. The first-order chi connectivity index (χ1) is 58.8. The molecule has 34 heteroatoms. The number of hydrogen-bond acceptors (Lipinski definition) is 24. The Balaban J connectivity index is 0.000000140. The third-order valence-corrected chi connectivity index (χ3v) is 24.6. The molecule has 634 valence electrons. The molecule has 12 aromatic rings. The summed E-state index contributed by atoms with van der Waals surface area (Å²) in [7, 11) is 3.33. The molecule has 3 atom stereocenters. The van der Waals surface area contributed by atoms with E-state index in [9.17, 15) is 46.9 Å². The van der Waals surface area contributed by atoms with Gasteiger partial charge in [0.25, 0.3) is 29.3 Å². The minimum absolute atomic E-state index is 0.0368. The number of rotatable bonds is 19. The second-order valence-corrected chi connectivity index (χ2v) is 33.2. The molecule has 8 aromatic carbocycles. The van der Waals surface area contributed by atoms with Crippen LogP contribution in [-0.4, -0.2) is 203 Å². The average molecular weight is 1750 g/mol. The van der Waals surface area contributed by atoms with E-state index in [1.54, 1.807) is 79.5 Å². The minimum atomic E-state index is -4.41. The number of nitrogens with zero attached hydrogens (tertiary/aromatic N) is 17. The van der Waals surface area contributed by atoms with Gasteiger partial charge in [-0.15, -0.1) is 0 Å². The van der Waals surface area contributed by atoms with Gasteiger partial charge in [-0.05, 0) is 160 Å². The molecular formula is C88H90ClF4N17O8S4. The van der Waals surface area contributed by atoms with Crippen LogP contribution >= 0.6 is 57.7 Å². The fraction of sp³-hybridized carbons (Fsp3) is 0.318. The molecule has 122 heavy (non-hydrogen) atoms. The molecule has 4 aromatic heterocycles. The lowest BCUT2D eigenvalue weighted by Gasteiger charge is -2.39. The van der Waals surface area contributed by atoms with Gasteiger partial charge in [0.1, 0.15) is 40.6 Å². The monoisotopic (exact) mass is 1750 g/mol. The zero-order chi connectivity index (χ0) is 86.1. The quantitative estimate of drug-likeness (QED) is 0.0414. The summed E-state index contributed by atoms with van der Waals surface area (Å²) in [6.45, 7) is 17.9. The van der Waals surface area contributed by atoms with Crippen molar-refractivity contribution in [1.82, 2.24) is 57.0 Å². The molecule has 8 heterocycles. The third kappa shape index (κ3) is 23.0. The minimum Gasteiger partial charge on any atom is -0.497 e. The second-order valence-electron chi connectivity index (χ2n) is 29.9. The van der Waals surface area contributed by atoms with Gasteiger partial charge >= 0.3 is 6.18 Å². The normalized spacial score (nSPS) is 16.0. The number of hydrogen-bond donors (Lipinski definition) is 0. The summed E-state index contributed by atoms with van der Waals surface area (Å²) in [6, 6.07) is 56.1. The second kappa shape index (κ2) is 40.6. The van der Waals surface area contributed by atoms with Crippen LogP contribution in [0.2, 0.25) is 5.02 Å². The van der Waals surface area contributed by atoms with E-state index in [2.05, 4.69) is 91.2 Å². The number of piperazine rings is 4. The molecule has 4 saturated heterocycles. The Labute approximate surface area is 725 Å². The predicted octanol–water partition coefficient (Wildman–Crippen LogP) is 15.9. The zero-order valence-electron chi connectivity index (χ0n) is 68.1. The highest BCUT2D eigenvalue weighted by atomic mass is 35.5. The van der Waals surface area contributed by atoms with Crippen LogP contribution in [0.3, 0.4) is 0 Å². The number of alkyl halides is 3. The Hall–Kier alpha value is -11.9. The summed E-state index contributed by atoms with van der Waals surface area (Å²) < 4.78 is 79.7. The van der Waals surface area contributed by atoms with Crippen molar-refractivity contribution in [2.24, 2.45) is 0 Å². The van der Waals surface area contributed by atoms with Crippen LogP contribution in [-0.2, 0) is 31.9 Å². The van der Waals surface area contributed by atoms with Gasteiger partial charge in [-0.2, -0.15) is 30.7 Å². The van der Waals surface area contributed by atoms with Crippen LogP contribution in [0.15, 0.2) is 194 Å². The van der Waals surface area contributed by atoms with E-state index in [0.29, 0.717) is 112 Å². The van der Waals surface area contributed by atoms with Crippen molar-refractivity contribution in [1.29, 1.82) is 0 Å². The number of methoxy groups -OCH3 is 2. The third-order valence-electron chi connectivity index (χ3n) is 21.1. The Morgan fingerprint density at radius 1 is 0.443 bits per heavy atom. The predicted molar refractivity (Wildman–Crippen MR) is 468 cm³/mol. The van der Waals surface area contributed by atoms with Gasteiger partial charge in [-0.1, -0.05) is 102 Å². The number of aromatic nitrogens is 8. The molecule has 0 saturated carbocycles. The summed E-state index contributed by atoms with van der Waals surface area (Å²) >= 11 is 11.4. The molecule has 4 aliphatic heterocycles. The highest BCUT2D eigenvalue weighted by Gasteiger charge is 2.35. The van der Waals surface area contributed by atoms with Crippen molar-refractivity contribution in [2.75, 3.05) is 119 Å². The lowest BCUT2D eigenvalue weighted by atomic mass is 10.1. The standard InChI is InChI=1S/C22H23ClN4O2S.C22H21F3N4OS.C22H22FN5O3S.C22H24N4O2S/c1-15-14-26(10-11-27(15)21(28)17-6-8-18(23)9-7-17)22-24-20(25-30-22)13-16-4-3-5-19(12-16)29-2;1-15-2-4-16(5-3-15)14-19-26-21(31-27-19)29-12-10-28(11-13-29)20(30)17-6-8-18(9-7-17)22(23,24)25;1-14-3-6-17(12-19(14)28(30)31)21(29)27-10-9-26(13-15(27)2)22-24-20(25-32-22)11-16-4-7-18(23)8-5-16;1-16-15-25(11-12-26(16)21(27)18-8-4-3-5-9-18)22-23-20(24-29-22)14-17-7-6-10-19(13-17)28-2/h3-9,12,15H,10-11,13-14H2,1-2H3;2-9H,10-14H2,1H3;3-8,12,15H,9-11,13H2,1-2H3;3-10,13,16H,11-12,14-15H2,1-2H3. The first kappa shape index (κ1) is 87.9. The maximum atomic E-state index is 13.1. The summed E-state index contributed by atoms with van der Waals surface area (Å²) in [6.07, 6.45) is -1.87. The fourth-order valence-corrected chi connectivity index (χ4v) is 17.4. The Morgan fingerprint density at radius 2 is 0.820 bits per heavy atom. The van der Waals surface area contributed by atoms with Crippen molar-refractivity contribution < 1.29 is 51.1 Å². The lowest BCUT2D eigenvalue weighted by Crippen LogP contribution is -2.54. The molecule has 25 nitrogen and oxygen atoms in total. The number of aryl methyl sites for hydroxylation is 2. The maximum Gasteiger partial charge on any atom is 0.416 e. The molecule has 0 spiro atoms. The largest absolute Gasteiger partial charge is 0.497 e. The molecular weight excluding hydrogens is 1660 g/mol. The first-order valence-corrected chi connectivity index (χ1v) is 43.1. The zero-order valence-corrected chi connectivity index (χ0v) is 72.1. The van der Waals surface area contributed by atoms with Crippen molar-refractivity contribution in [3.8, 4) is 11.5 Å². The van der Waals surface area contributed by atoms with E-state index in [1.165, 1.54) is 82.0 Å². The molecule has 3 unspecified atom stereocenters. The van der Waals surface area contributed by atoms with Gasteiger partial charge < -0.3 is 48.7 Å². The Kier molecular flexibility index (Phi) is 29.3. The number of carbonyl (C=O) groups is 4. The smallest absolute Gasteiger partial charge is 0.416 e. The van der Waals surface area contributed by atoms with Crippen LogP contribution in [0.4, 0.5) is 43.8 Å². The first-order valence-electron chi connectivity index (χ1n) is 39.6. The van der Waals surface area contributed by atoms with E-state index in [-0.39, 0.29) is 58.8 Å². The van der Waals surface area contributed by atoms with E-state index in [4.69, 9.17) is 31.0 Å². The lowest BCUT2D eigenvalue weighted by molar-refractivity contribution is -0.385. The number of benzene rings is 8. The van der Waals surface area contributed by atoms with Crippen molar-refractivity contribution in [3.05, 3.63) is 300 Å². The van der Waals surface area contributed by atoms with Gasteiger partial charge in [0.05, 0.1) is 24.7 Å².